The lowest BCUT2D eigenvalue weighted by atomic mass is 10.1. The second-order valence-electron chi connectivity index (χ2n) is 5.63. The number of rotatable bonds is 3. The van der Waals surface area contributed by atoms with E-state index in [1.54, 1.807) is 11.8 Å². The van der Waals surface area contributed by atoms with Gasteiger partial charge in [-0.05, 0) is 31.9 Å². The maximum Gasteiger partial charge on any atom is 0.292 e. The molecule has 2 aromatic heterocycles. The van der Waals surface area contributed by atoms with E-state index in [-0.39, 0.29) is 11.9 Å². The standard InChI is InChI=1S/C15H19N5O2/c1-10-14(22-9-16-10)15(21)20-8-4-5-12(20)11-6-7-13(18-17-11)19(2)3/h6-7,9,12H,4-5,8H2,1-3H3. The molecule has 1 amide bonds. The van der Waals surface area contributed by atoms with Crippen LogP contribution in [0.2, 0.25) is 0 Å². The smallest absolute Gasteiger partial charge is 0.292 e. The van der Waals surface area contributed by atoms with Gasteiger partial charge in [0.1, 0.15) is 0 Å². The van der Waals surface area contributed by atoms with Crippen LogP contribution in [-0.2, 0) is 0 Å². The topological polar surface area (TPSA) is 75.4 Å². The van der Waals surface area contributed by atoms with Gasteiger partial charge in [-0.2, -0.15) is 5.10 Å². The number of nitrogens with zero attached hydrogens (tertiary/aromatic N) is 5. The zero-order valence-corrected chi connectivity index (χ0v) is 13.0. The number of aryl methyl sites for hydroxylation is 1. The Bertz CT molecular complexity index is 665. The summed E-state index contributed by atoms with van der Waals surface area (Å²) >= 11 is 0. The molecular formula is C15H19N5O2. The summed E-state index contributed by atoms with van der Waals surface area (Å²) in [5.41, 5.74) is 1.43. The normalized spacial score (nSPS) is 17.8. The summed E-state index contributed by atoms with van der Waals surface area (Å²) in [5, 5.41) is 8.49. The molecule has 0 N–H and O–H groups in total. The predicted molar refractivity (Wildman–Crippen MR) is 80.6 cm³/mol. The second kappa shape index (κ2) is 5.75. The van der Waals surface area contributed by atoms with E-state index in [1.807, 2.05) is 31.1 Å². The maximum atomic E-state index is 12.6. The minimum Gasteiger partial charge on any atom is -0.438 e. The van der Waals surface area contributed by atoms with E-state index in [4.69, 9.17) is 4.42 Å². The molecule has 7 heteroatoms. The van der Waals surface area contributed by atoms with Crippen LogP contribution in [0.15, 0.2) is 22.9 Å². The Kier molecular flexibility index (Phi) is 3.79. The molecule has 2 aromatic rings. The van der Waals surface area contributed by atoms with Crippen LogP contribution in [-0.4, -0.2) is 46.6 Å². The van der Waals surface area contributed by atoms with Crippen molar-refractivity contribution in [1.82, 2.24) is 20.1 Å². The van der Waals surface area contributed by atoms with E-state index in [2.05, 4.69) is 15.2 Å². The van der Waals surface area contributed by atoms with E-state index in [0.717, 1.165) is 24.4 Å². The van der Waals surface area contributed by atoms with Crippen LogP contribution in [0.5, 0.6) is 0 Å². The summed E-state index contributed by atoms with van der Waals surface area (Å²) in [4.78, 5) is 20.3. The third-order valence-electron chi connectivity index (χ3n) is 3.92. The van der Waals surface area contributed by atoms with E-state index >= 15 is 0 Å². The number of carbonyl (C=O) groups is 1. The van der Waals surface area contributed by atoms with Crippen molar-refractivity contribution in [3.05, 3.63) is 35.7 Å². The third kappa shape index (κ3) is 2.54. The molecule has 1 fully saturated rings. The average Bonchev–Trinajstić information content (AvgIpc) is 3.15. The number of hydrogen-bond acceptors (Lipinski definition) is 6. The number of aromatic nitrogens is 3. The Morgan fingerprint density at radius 3 is 2.77 bits per heavy atom. The first-order valence-corrected chi connectivity index (χ1v) is 7.30. The maximum absolute atomic E-state index is 12.6. The summed E-state index contributed by atoms with van der Waals surface area (Å²) in [6, 6.07) is 3.80. The van der Waals surface area contributed by atoms with Crippen molar-refractivity contribution in [1.29, 1.82) is 0 Å². The van der Waals surface area contributed by atoms with Gasteiger partial charge in [0.25, 0.3) is 5.91 Å². The van der Waals surface area contributed by atoms with Crippen molar-refractivity contribution in [2.75, 3.05) is 25.5 Å². The van der Waals surface area contributed by atoms with Gasteiger partial charge in [-0.1, -0.05) is 0 Å². The molecular weight excluding hydrogens is 282 g/mol. The van der Waals surface area contributed by atoms with E-state index in [1.165, 1.54) is 6.39 Å². The summed E-state index contributed by atoms with van der Waals surface area (Å²) < 4.78 is 5.23. The molecule has 3 heterocycles. The van der Waals surface area contributed by atoms with Crippen molar-refractivity contribution in [2.24, 2.45) is 0 Å². The second-order valence-corrected chi connectivity index (χ2v) is 5.63. The quantitative estimate of drug-likeness (QED) is 0.860. The molecule has 22 heavy (non-hydrogen) atoms. The fourth-order valence-corrected chi connectivity index (χ4v) is 2.71. The number of amides is 1. The molecule has 0 aromatic carbocycles. The van der Waals surface area contributed by atoms with E-state index in [0.29, 0.717) is 18.0 Å². The summed E-state index contributed by atoms with van der Waals surface area (Å²) in [7, 11) is 3.84. The van der Waals surface area contributed by atoms with Crippen LogP contribution in [0.25, 0.3) is 0 Å². The molecule has 116 valence electrons. The third-order valence-corrected chi connectivity index (χ3v) is 3.92. The van der Waals surface area contributed by atoms with E-state index in [9.17, 15) is 4.79 Å². The van der Waals surface area contributed by atoms with Gasteiger partial charge in [0.15, 0.2) is 12.2 Å². The van der Waals surface area contributed by atoms with Gasteiger partial charge in [0.05, 0.1) is 17.4 Å². The Labute approximate surface area is 129 Å². The van der Waals surface area contributed by atoms with Crippen LogP contribution in [0.3, 0.4) is 0 Å². The Balaban J connectivity index is 1.84. The molecule has 0 aliphatic carbocycles. The lowest BCUT2D eigenvalue weighted by molar-refractivity contribution is 0.0699. The van der Waals surface area contributed by atoms with Gasteiger partial charge < -0.3 is 14.2 Å². The zero-order valence-electron chi connectivity index (χ0n) is 13.0. The summed E-state index contributed by atoms with van der Waals surface area (Å²) in [6.45, 7) is 2.47. The van der Waals surface area contributed by atoms with Gasteiger partial charge in [-0.25, -0.2) is 4.98 Å². The molecule has 0 radical (unpaired) electrons. The monoisotopic (exact) mass is 301 g/mol. The van der Waals surface area contributed by atoms with Crippen LogP contribution < -0.4 is 4.90 Å². The highest BCUT2D eigenvalue weighted by Gasteiger charge is 2.34. The highest BCUT2D eigenvalue weighted by Crippen LogP contribution is 2.32. The molecule has 1 saturated heterocycles. The van der Waals surface area contributed by atoms with Gasteiger partial charge in [0, 0.05) is 20.6 Å². The molecule has 1 aliphatic heterocycles. The SMILES string of the molecule is Cc1ncoc1C(=O)N1CCCC1c1ccc(N(C)C)nn1. The molecule has 1 aliphatic rings. The van der Waals surface area contributed by atoms with E-state index < -0.39 is 0 Å². The molecule has 3 rings (SSSR count). The Hall–Kier alpha value is -2.44. The lowest BCUT2D eigenvalue weighted by Gasteiger charge is -2.23. The minimum atomic E-state index is -0.129. The van der Waals surface area contributed by atoms with Crippen molar-refractivity contribution < 1.29 is 9.21 Å². The van der Waals surface area contributed by atoms with Crippen LogP contribution >= 0.6 is 0 Å². The Morgan fingerprint density at radius 2 is 2.18 bits per heavy atom. The first-order valence-electron chi connectivity index (χ1n) is 7.30. The molecule has 0 spiro atoms. The zero-order chi connectivity index (χ0) is 15.7. The lowest BCUT2D eigenvalue weighted by Crippen LogP contribution is -2.31. The molecule has 7 nitrogen and oxygen atoms in total. The predicted octanol–water partition coefficient (Wildman–Crippen LogP) is 1.82. The van der Waals surface area contributed by atoms with Crippen LogP contribution in [0.1, 0.15) is 40.8 Å². The van der Waals surface area contributed by atoms with Crippen molar-refractivity contribution >= 4 is 11.7 Å². The van der Waals surface area contributed by atoms with Gasteiger partial charge in [-0.3, -0.25) is 4.79 Å². The first kappa shape index (κ1) is 14.5. The van der Waals surface area contributed by atoms with Crippen molar-refractivity contribution in [3.63, 3.8) is 0 Å². The Morgan fingerprint density at radius 1 is 1.36 bits per heavy atom. The fraction of sp³-hybridized carbons (Fsp3) is 0.467. The number of likely N-dealkylation sites (tertiary alicyclic amines) is 1. The van der Waals surface area contributed by atoms with Gasteiger partial charge >= 0.3 is 0 Å². The largest absolute Gasteiger partial charge is 0.438 e. The number of hydrogen-bond donors (Lipinski definition) is 0. The number of carbonyl (C=O) groups excluding carboxylic acids is 1. The highest BCUT2D eigenvalue weighted by molar-refractivity contribution is 5.92. The highest BCUT2D eigenvalue weighted by atomic mass is 16.3. The number of oxazole rings is 1. The fourth-order valence-electron chi connectivity index (χ4n) is 2.71. The minimum absolute atomic E-state index is 0.0549. The molecule has 0 saturated carbocycles. The summed E-state index contributed by atoms with van der Waals surface area (Å²) in [5.74, 6) is 0.978. The molecule has 1 unspecified atom stereocenters. The van der Waals surface area contributed by atoms with Crippen LogP contribution in [0, 0.1) is 6.92 Å². The van der Waals surface area contributed by atoms with Crippen LogP contribution in [0.4, 0.5) is 5.82 Å². The number of anilines is 1. The summed E-state index contributed by atoms with van der Waals surface area (Å²) in [6.07, 6.45) is 3.13. The molecule has 0 bridgehead atoms. The molecule has 1 atom stereocenters. The van der Waals surface area contributed by atoms with Crippen molar-refractivity contribution in [3.8, 4) is 0 Å². The van der Waals surface area contributed by atoms with Crippen molar-refractivity contribution in [2.45, 2.75) is 25.8 Å². The first-order chi connectivity index (χ1) is 10.6. The van der Waals surface area contributed by atoms with Gasteiger partial charge in [0.2, 0.25) is 5.76 Å². The van der Waals surface area contributed by atoms with Gasteiger partial charge in [-0.15, -0.1) is 5.10 Å². The average molecular weight is 301 g/mol.